The number of ether oxygens (including phenoxy) is 1. The maximum absolute atomic E-state index is 11.7. The van der Waals surface area contributed by atoms with Gasteiger partial charge < -0.3 is 29.6 Å². The van der Waals surface area contributed by atoms with Gasteiger partial charge in [0, 0.05) is 17.4 Å². The third-order valence-corrected chi connectivity index (χ3v) is 7.76. The van der Waals surface area contributed by atoms with Gasteiger partial charge in [-0.15, -0.1) is 0 Å². The summed E-state index contributed by atoms with van der Waals surface area (Å²) in [5, 5.41) is 22.9. The molecule has 1 aliphatic carbocycles. The third-order valence-electron chi connectivity index (χ3n) is 7.45. The molecule has 1 aliphatic heterocycles. The molecule has 0 radical (unpaired) electrons. The molecule has 2 aromatic carbocycles. The normalized spacial score (nSPS) is 18.8. The van der Waals surface area contributed by atoms with Crippen LogP contribution in [-0.4, -0.2) is 38.4 Å². The number of anilines is 1. The van der Waals surface area contributed by atoms with Crippen LogP contribution in [0, 0.1) is 0 Å². The van der Waals surface area contributed by atoms with Crippen molar-refractivity contribution in [2.45, 2.75) is 43.9 Å². The molecule has 0 amide bonds. The fourth-order valence-corrected chi connectivity index (χ4v) is 5.84. The van der Waals surface area contributed by atoms with E-state index in [0.29, 0.717) is 22.2 Å². The van der Waals surface area contributed by atoms with Crippen LogP contribution >= 0.6 is 12.2 Å². The molecule has 2 fully saturated rings. The predicted molar refractivity (Wildman–Crippen MR) is 155 cm³/mol. The molecule has 9 nitrogen and oxygen atoms in total. The molecule has 1 saturated carbocycles. The summed E-state index contributed by atoms with van der Waals surface area (Å²) in [4.78, 5) is 29.8. The Morgan fingerprint density at radius 2 is 1.66 bits per heavy atom. The Balaban J connectivity index is 1.37. The van der Waals surface area contributed by atoms with Crippen molar-refractivity contribution in [2.75, 3.05) is 4.90 Å². The minimum atomic E-state index is -1.23. The summed E-state index contributed by atoms with van der Waals surface area (Å²) in [5.41, 5.74) is 1.66. The number of carboxylic acids is 2. The van der Waals surface area contributed by atoms with E-state index in [9.17, 15) is 19.8 Å². The molecule has 208 valence electrons. The Hall–Kier alpha value is -4.70. The molecule has 1 saturated heterocycles. The quantitative estimate of drug-likeness (QED) is 0.210. The van der Waals surface area contributed by atoms with Gasteiger partial charge in [0.2, 0.25) is 0 Å². The van der Waals surface area contributed by atoms with Gasteiger partial charge in [0.15, 0.2) is 5.11 Å². The molecule has 10 heteroatoms. The number of aromatic carboxylic acids is 2. The first-order valence-electron chi connectivity index (χ1n) is 13.4. The van der Waals surface area contributed by atoms with Crippen molar-refractivity contribution in [1.82, 2.24) is 10.3 Å². The van der Waals surface area contributed by atoms with Gasteiger partial charge in [-0.1, -0.05) is 6.07 Å². The van der Waals surface area contributed by atoms with Crippen LogP contribution in [0.15, 0.2) is 83.4 Å². The molecule has 0 spiro atoms. The number of nitrogens with zero attached hydrogens (tertiary/aromatic N) is 2. The van der Waals surface area contributed by atoms with Crippen molar-refractivity contribution in [2.24, 2.45) is 0 Å². The lowest BCUT2D eigenvalue weighted by Crippen LogP contribution is -2.29. The Labute approximate surface area is 241 Å². The van der Waals surface area contributed by atoms with E-state index in [1.807, 2.05) is 47.4 Å². The van der Waals surface area contributed by atoms with Gasteiger partial charge in [-0.3, -0.25) is 4.98 Å². The first kappa shape index (κ1) is 26.5. The summed E-state index contributed by atoms with van der Waals surface area (Å²) in [6.45, 7) is 0. The molecule has 2 aliphatic rings. The number of thiocarbonyl (C=S) groups is 1. The number of benzene rings is 2. The molecule has 6 rings (SSSR count). The number of carboxylic acid groups (broad SMARTS) is 2. The number of carbonyl (C=O) groups is 2. The summed E-state index contributed by atoms with van der Waals surface area (Å²) in [6, 6.07) is 20.1. The maximum Gasteiger partial charge on any atom is 0.335 e. The second-order valence-electron chi connectivity index (χ2n) is 10.1. The van der Waals surface area contributed by atoms with Crippen LogP contribution in [0.4, 0.5) is 5.69 Å². The Morgan fingerprint density at radius 1 is 0.951 bits per heavy atom. The van der Waals surface area contributed by atoms with E-state index in [-0.39, 0.29) is 23.3 Å². The van der Waals surface area contributed by atoms with E-state index in [1.54, 1.807) is 18.3 Å². The van der Waals surface area contributed by atoms with E-state index < -0.39 is 18.0 Å². The zero-order chi connectivity index (χ0) is 28.5. The van der Waals surface area contributed by atoms with Gasteiger partial charge in [-0.05, 0) is 105 Å². The number of rotatable bonds is 8. The van der Waals surface area contributed by atoms with Crippen molar-refractivity contribution in [1.29, 1.82) is 0 Å². The standard InChI is InChI=1S/C31H27N3O6S/c35-29(36)19-15-18(16-20(17-19)30(37)38)25-12-13-26(40-25)28-27(24-7-3-4-14-32-24)33-31(41)34(28)21-8-10-23(11-9-21)39-22-5-1-2-6-22/h3-4,7-17,22,27-28H,1-2,5-6H2,(H,33,41)(H,35,36)(H,37,38). The molecule has 2 unspecified atom stereocenters. The minimum absolute atomic E-state index is 0.144. The van der Waals surface area contributed by atoms with Crippen LogP contribution in [0.1, 0.15) is 69.9 Å². The molecule has 3 heterocycles. The number of aromatic nitrogens is 1. The molecule has 3 N–H and O–H groups in total. The largest absolute Gasteiger partial charge is 0.490 e. The van der Waals surface area contributed by atoms with E-state index in [0.717, 1.165) is 36.0 Å². The van der Waals surface area contributed by atoms with Gasteiger partial charge in [0.1, 0.15) is 23.3 Å². The van der Waals surface area contributed by atoms with Crippen molar-refractivity contribution in [3.63, 3.8) is 0 Å². The summed E-state index contributed by atoms with van der Waals surface area (Å²) in [7, 11) is 0. The minimum Gasteiger partial charge on any atom is -0.490 e. The van der Waals surface area contributed by atoms with Crippen molar-refractivity contribution in [3.05, 3.63) is 102 Å². The lowest BCUT2D eigenvalue weighted by Gasteiger charge is -2.26. The molecule has 2 atom stereocenters. The van der Waals surface area contributed by atoms with E-state index >= 15 is 0 Å². The summed E-state index contributed by atoms with van der Waals surface area (Å²) < 4.78 is 12.5. The molecular weight excluding hydrogens is 542 g/mol. The number of furan rings is 1. The van der Waals surface area contributed by atoms with Crippen LogP contribution in [0.2, 0.25) is 0 Å². The first-order chi connectivity index (χ1) is 19.9. The average molecular weight is 570 g/mol. The van der Waals surface area contributed by atoms with Crippen molar-refractivity contribution in [3.8, 4) is 17.1 Å². The zero-order valence-corrected chi connectivity index (χ0v) is 22.7. The molecule has 4 aromatic rings. The van der Waals surface area contributed by atoms with E-state index in [2.05, 4.69) is 10.3 Å². The van der Waals surface area contributed by atoms with E-state index in [1.165, 1.54) is 25.0 Å². The number of pyridine rings is 1. The smallest absolute Gasteiger partial charge is 0.335 e. The van der Waals surface area contributed by atoms with Gasteiger partial charge in [0.25, 0.3) is 0 Å². The maximum atomic E-state index is 11.7. The Morgan fingerprint density at radius 3 is 2.29 bits per heavy atom. The number of hydrogen-bond donors (Lipinski definition) is 3. The van der Waals surface area contributed by atoms with Gasteiger partial charge in [-0.25, -0.2) is 9.59 Å². The highest BCUT2D eigenvalue weighted by atomic mass is 32.1. The second-order valence-corrected chi connectivity index (χ2v) is 10.5. The summed E-state index contributed by atoms with van der Waals surface area (Å²) >= 11 is 5.80. The molecule has 41 heavy (non-hydrogen) atoms. The fraction of sp³-hybridized carbons (Fsp3) is 0.226. The zero-order valence-electron chi connectivity index (χ0n) is 21.9. The molecular formula is C31H27N3O6S. The van der Waals surface area contributed by atoms with Crippen LogP contribution in [0.3, 0.4) is 0 Å². The molecule has 2 aromatic heterocycles. The number of nitrogens with one attached hydrogen (secondary N) is 1. The highest BCUT2D eigenvalue weighted by molar-refractivity contribution is 7.80. The Kier molecular flexibility index (Phi) is 7.15. The highest BCUT2D eigenvalue weighted by Gasteiger charge is 2.42. The van der Waals surface area contributed by atoms with Crippen LogP contribution < -0.4 is 15.0 Å². The van der Waals surface area contributed by atoms with E-state index in [4.69, 9.17) is 21.4 Å². The van der Waals surface area contributed by atoms with Gasteiger partial charge in [0.05, 0.1) is 29.0 Å². The monoisotopic (exact) mass is 569 g/mol. The highest BCUT2D eigenvalue weighted by Crippen LogP contribution is 2.43. The summed E-state index contributed by atoms with van der Waals surface area (Å²) in [6.07, 6.45) is 6.49. The second kappa shape index (κ2) is 11.1. The average Bonchev–Trinajstić information content (AvgIpc) is 3.74. The lowest BCUT2D eigenvalue weighted by molar-refractivity contribution is 0.0696. The predicted octanol–water partition coefficient (Wildman–Crippen LogP) is 6.24. The third kappa shape index (κ3) is 5.38. The van der Waals surface area contributed by atoms with Crippen LogP contribution in [-0.2, 0) is 0 Å². The fourth-order valence-electron chi connectivity index (χ4n) is 5.49. The number of hydrogen-bond acceptors (Lipinski definition) is 6. The Bertz CT molecular complexity index is 1570. The van der Waals surface area contributed by atoms with Gasteiger partial charge in [-0.2, -0.15) is 0 Å². The van der Waals surface area contributed by atoms with Crippen molar-refractivity contribution < 1.29 is 29.0 Å². The van der Waals surface area contributed by atoms with Crippen molar-refractivity contribution >= 4 is 35.0 Å². The summed E-state index contributed by atoms with van der Waals surface area (Å²) in [5.74, 6) is -0.763. The lowest BCUT2D eigenvalue weighted by atomic mass is 10.0. The van der Waals surface area contributed by atoms with Crippen LogP contribution in [0.5, 0.6) is 5.75 Å². The topological polar surface area (TPSA) is 125 Å². The van der Waals surface area contributed by atoms with Crippen LogP contribution in [0.25, 0.3) is 11.3 Å². The van der Waals surface area contributed by atoms with Gasteiger partial charge >= 0.3 is 11.9 Å². The SMILES string of the molecule is O=C(O)c1cc(C(=O)O)cc(-c2ccc(C3C(c4ccccn4)NC(=S)N3c3ccc(OC4CCCC4)cc3)o2)c1. The first-order valence-corrected chi connectivity index (χ1v) is 13.8. The molecule has 0 bridgehead atoms.